The molecule has 1 aromatic carbocycles. The first-order valence-electron chi connectivity index (χ1n) is 5.31. The van der Waals surface area contributed by atoms with Crippen LogP contribution >= 0.6 is 0 Å². The van der Waals surface area contributed by atoms with Crippen molar-refractivity contribution in [1.82, 2.24) is 4.90 Å². The molecule has 0 aliphatic carbocycles. The Hall–Kier alpha value is -1.71. The van der Waals surface area contributed by atoms with Crippen LogP contribution in [0.25, 0.3) is 0 Å². The van der Waals surface area contributed by atoms with E-state index in [0.717, 1.165) is 17.3 Å². The fraction of sp³-hybridized carbons (Fsp3) is 0.417. The van der Waals surface area contributed by atoms with Gasteiger partial charge in [0.05, 0.1) is 33.9 Å². The standard InChI is InChI=1S/C12H20N4/c1-13-10-6-8-11(9-7-10)14-12(15(2)3)16(4)5/h6-9,13H,1-5H3/p+1. The Morgan fingerprint density at radius 1 is 1.06 bits per heavy atom. The van der Waals surface area contributed by atoms with Gasteiger partial charge in [-0.25, -0.2) is 5.32 Å². The van der Waals surface area contributed by atoms with E-state index in [-0.39, 0.29) is 0 Å². The van der Waals surface area contributed by atoms with Crippen molar-refractivity contribution in [3.8, 4) is 0 Å². The number of rotatable bonds is 2. The third kappa shape index (κ3) is 3.15. The van der Waals surface area contributed by atoms with E-state index in [1.54, 1.807) is 0 Å². The van der Waals surface area contributed by atoms with Crippen LogP contribution < -0.4 is 10.6 Å². The molecule has 0 heterocycles. The second kappa shape index (κ2) is 5.39. The molecule has 2 N–H and O–H groups in total. The fourth-order valence-electron chi connectivity index (χ4n) is 1.47. The van der Waals surface area contributed by atoms with Gasteiger partial charge in [-0.2, -0.15) is 0 Å². The first-order valence-corrected chi connectivity index (χ1v) is 5.31. The fourth-order valence-corrected chi connectivity index (χ4v) is 1.47. The quantitative estimate of drug-likeness (QED) is 0.449. The Balaban J connectivity index is 2.83. The van der Waals surface area contributed by atoms with E-state index in [0.29, 0.717) is 0 Å². The molecule has 0 unspecified atom stereocenters. The molecule has 1 aromatic rings. The molecule has 0 spiro atoms. The van der Waals surface area contributed by atoms with Gasteiger partial charge in [0.25, 0.3) is 0 Å². The Kier molecular flexibility index (Phi) is 4.17. The van der Waals surface area contributed by atoms with Gasteiger partial charge in [0, 0.05) is 12.7 Å². The molecule has 0 aliphatic heterocycles. The minimum atomic E-state index is 1.05. The molecule has 0 fully saturated rings. The maximum atomic E-state index is 3.37. The van der Waals surface area contributed by atoms with Crippen molar-refractivity contribution in [3.63, 3.8) is 0 Å². The van der Waals surface area contributed by atoms with E-state index in [2.05, 4.69) is 22.8 Å². The zero-order chi connectivity index (χ0) is 12.1. The largest absolute Gasteiger partial charge is 0.388 e. The van der Waals surface area contributed by atoms with Crippen LogP contribution in [0, 0.1) is 0 Å². The van der Waals surface area contributed by atoms with E-state index in [4.69, 9.17) is 0 Å². The van der Waals surface area contributed by atoms with E-state index in [1.807, 2.05) is 56.8 Å². The summed E-state index contributed by atoms with van der Waals surface area (Å²) in [6, 6.07) is 8.20. The maximum Gasteiger partial charge on any atom is 0.352 e. The zero-order valence-corrected chi connectivity index (χ0v) is 10.7. The van der Waals surface area contributed by atoms with Crippen LogP contribution in [0.15, 0.2) is 24.3 Å². The number of nitrogens with zero attached hydrogens (tertiary/aromatic N) is 2. The van der Waals surface area contributed by atoms with Gasteiger partial charge < -0.3 is 5.32 Å². The average Bonchev–Trinajstić information content (AvgIpc) is 2.25. The van der Waals surface area contributed by atoms with Crippen LogP contribution in [0.2, 0.25) is 0 Å². The topological polar surface area (TPSA) is 30.3 Å². The Morgan fingerprint density at radius 3 is 1.94 bits per heavy atom. The monoisotopic (exact) mass is 221 g/mol. The van der Waals surface area contributed by atoms with Crippen LogP contribution in [0.1, 0.15) is 0 Å². The number of nitrogens with one attached hydrogen (secondary N) is 2. The highest BCUT2D eigenvalue weighted by molar-refractivity contribution is 5.89. The summed E-state index contributed by atoms with van der Waals surface area (Å²) in [5.74, 6) is 1.05. The normalized spacial score (nSPS) is 9.56. The lowest BCUT2D eigenvalue weighted by Crippen LogP contribution is -2.36. The second-order valence-electron chi connectivity index (χ2n) is 4.06. The summed E-state index contributed by atoms with van der Waals surface area (Å²) in [6.45, 7) is 0. The van der Waals surface area contributed by atoms with Crippen molar-refractivity contribution in [2.75, 3.05) is 45.9 Å². The molecule has 0 atom stereocenters. The van der Waals surface area contributed by atoms with Crippen LogP contribution in [0.5, 0.6) is 0 Å². The summed E-state index contributed by atoms with van der Waals surface area (Å²) >= 11 is 0. The van der Waals surface area contributed by atoms with Gasteiger partial charge in [0.1, 0.15) is 0 Å². The molecule has 0 amide bonds. The number of guanidine groups is 1. The molecule has 0 bridgehead atoms. The summed E-state index contributed by atoms with van der Waals surface area (Å²) in [6.07, 6.45) is 0. The Labute approximate surface area is 97.6 Å². The third-order valence-corrected chi connectivity index (χ3v) is 2.28. The minimum absolute atomic E-state index is 1.05. The second-order valence-corrected chi connectivity index (χ2v) is 4.06. The van der Waals surface area contributed by atoms with E-state index >= 15 is 0 Å². The molecule has 0 saturated heterocycles. The van der Waals surface area contributed by atoms with Crippen molar-refractivity contribution in [3.05, 3.63) is 24.3 Å². The van der Waals surface area contributed by atoms with Gasteiger partial charge >= 0.3 is 5.96 Å². The van der Waals surface area contributed by atoms with Crippen LogP contribution in [0.4, 0.5) is 11.4 Å². The maximum absolute atomic E-state index is 3.37. The molecule has 1 rings (SSSR count). The van der Waals surface area contributed by atoms with E-state index in [9.17, 15) is 0 Å². The zero-order valence-electron chi connectivity index (χ0n) is 10.7. The van der Waals surface area contributed by atoms with Crippen molar-refractivity contribution < 1.29 is 4.58 Å². The third-order valence-electron chi connectivity index (χ3n) is 2.28. The number of anilines is 2. The van der Waals surface area contributed by atoms with Gasteiger partial charge in [-0.15, -0.1) is 0 Å². The number of benzene rings is 1. The lowest BCUT2D eigenvalue weighted by molar-refractivity contribution is -0.469. The van der Waals surface area contributed by atoms with Crippen molar-refractivity contribution in [2.24, 2.45) is 0 Å². The molecule has 0 aromatic heterocycles. The summed E-state index contributed by atoms with van der Waals surface area (Å²) in [4.78, 5) is 2.05. The lowest BCUT2D eigenvalue weighted by atomic mass is 10.3. The number of hydrogen-bond donors (Lipinski definition) is 2. The smallest absolute Gasteiger partial charge is 0.352 e. The lowest BCUT2D eigenvalue weighted by Gasteiger charge is -2.12. The molecule has 0 aliphatic rings. The SMILES string of the molecule is CNc1ccc(NC(N(C)C)=[N+](C)C)cc1. The van der Waals surface area contributed by atoms with Crippen LogP contribution in [-0.2, 0) is 0 Å². The summed E-state index contributed by atoms with van der Waals surface area (Å²) in [7, 11) is 9.99. The highest BCUT2D eigenvalue weighted by Crippen LogP contribution is 2.12. The summed E-state index contributed by atoms with van der Waals surface area (Å²) < 4.78 is 2.05. The molecule has 4 heteroatoms. The first kappa shape index (κ1) is 12.4. The van der Waals surface area contributed by atoms with E-state index in [1.165, 1.54) is 0 Å². The molecule has 0 radical (unpaired) electrons. The van der Waals surface area contributed by atoms with Gasteiger partial charge in [-0.1, -0.05) is 0 Å². The Morgan fingerprint density at radius 2 is 1.56 bits per heavy atom. The van der Waals surface area contributed by atoms with Crippen molar-refractivity contribution in [1.29, 1.82) is 0 Å². The van der Waals surface area contributed by atoms with Gasteiger partial charge in [0.2, 0.25) is 0 Å². The molecular weight excluding hydrogens is 200 g/mol. The van der Waals surface area contributed by atoms with Crippen LogP contribution in [0.3, 0.4) is 0 Å². The van der Waals surface area contributed by atoms with Gasteiger partial charge in [-0.3, -0.25) is 9.48 Å². The molecular formula is C12H21N4+. The summed E-state index contributed by atoms with van der Waals surface area (Å²) in [5.41, 5.74) is 2.19. The first-order chi connectivity index (χ1) is 7.54. The average molecular weight is 221 g/mol. The van der Waals surface area contributed by atoms with Crippen molar-refractivity contribution in [2.45, 2.75) is 0 Å². The molecule has 88 valence electrons. The van der Waals surface area contributed by atoms with Gasteiger partial charge in [0.15, 0.2) is 0 Å². The molecule has 16 heavy (non-hydrogen) atoms. The minimum Gasteiger partial charge on any atom is -0.388 e. The predicted molar refractivity (Wildman–Crippen MR) is 70.4 cm³/mol. The van der Waals surface area contributed by atoms with E-state index < -0.39 is 0 Å². The highest BCUT2D eigenvalue weighted by atomic mass is 15.3. The predicted octanol–water partition coefficient (Wildman–Crippen LogP) is 1.33. The highest BCUT2D eigenvalue weighted by Gasteiger charge is 2.11. The molecule has 4 nitrogen and oxygen atoms in total. The van der Waals surface area contributed by atoms with Gasteiger partial charge in [-0.05, 0) is 24.3 Å². The Bertz CT molecular complexity index is 361. The summed E-state index contributed by atoms with van der Waals surface area (Å²) in [5, 5.41) is 6.47. The molecule has 0 saturated carbocycles. The van der Waals surface area contributed by atoms with Crippen LogP contribution in [-0.4, -0.2) is 50.7 Å². The number of hydrogen-bond acceptors (Lipinski definition) is 1. The van der Waals surface area contributed by atoms with Crippen molar-refractivity contribution >= 4 is 17.3 Å².